The first-order valence-electron chi connectivity index (χ1n) is 7.28. The summed E-state index contributed by atoms with van der Waals surface area (Å²) in [4.78, 5) is 9.73. The van der Waals surface area contributed by atoms with Gasteiger partial charge in [0.05, 0.1) is 0 Å². The van der Waals surface area contributed by atoms with Crippen molar-refractivity contribution in [3.63, 3.8) is 0 Å². The van der Waals surface area contributed by atoms with Crippen molar-refractivity contribution in [3.05, 3.63) is 11.8 Å². The fraction of sp³-hybridized carbons (Fsp3) is 0.714. The number of nitrogens with zero attached hydrogens (tertiary/aromatic N) is 3. The summed E-state index contributed by atoms with van der Waals surface area (Å²) in [5, 5.41) is 2.77. The van der Waals surface area contributed by atoms with Gasteiger partial charge in [0, 0.05) is 25.2 Å². The number of nitrogens with one attached hydrogen (secondary N) is 1. The maximum atomic E-state index is 13.0. The van der Waals surface area contributed by atoms with Crippen LogP contribution in [-0.2, 0) is 6.18 Å². The van der Waals surface area contributed by atoms with Crippen molar-refractivity contribution in [2.75, 3.05) is 23.3 Å². The van der Waals surface area contributed by atoms with Crippen LogP contribution in [-0.4, -0.2) is 29.1 Å². The number of hydrogen-bond donors (Lipinski definition) is 1. The highest BCUT2D eigenvalue weighted by Crippen LogP contribution is 2.34. The summed E-state index contributed by atoms with van der Waals surface area (Å²) < 4.78 is 39.0. The first kappa shape index (κ1) is 15.9. The lowest BCUT2D eigenvalue weighted by atomic mass is 10.2. The molecule has 21 heavy (non-hydrogen) atoms. The van der Waals surface area contributed by atoms with Crippen molar-refractivity contribution in [2.45, 2.75) is 45.8 Å². The van der Waals surface area contributed by atoms with Crippen LogP contribution in [0.1, 0.15) is 39.3 Å². The van der Waals surface area contributed by atoms with Crippen LogP contribution in [0, 0.1) is 5.92 Å². The van der Waals surface area contributed by atoms with Crippen LogP contribution in [0.4, 0.5) is 24.9 Å². The van der Waals surface area contributed by atoms with Crippen LogP contribution in [0.25, 0.3) is 0 Å². The van der Waals surface area contributed by atoms with Crippen molar-refractivity contribution in [2.24, 2.45) is 5.92 Å². The summed E-state index contributed by atoms with van der Waals surface area (Å²) in [5.41, 5.74) is -0.898. The smallest absolute Gasteiger partial charge is 0.354 e. The van der Waals surface area contributed by atoms with Gasteiger partial charge in [-0.15, -0.1) is 0 Å². The maximum absolute atomic E-state index is 13.0. The number of halogens is 3. The van der Waals surface area contributed by atoms with Gasteiger partial charge >= 0.3 is 6.18 Å². The molecule has 1 heterocycles. The number of hydrogen-bond acceptors (Lipinski definition) is 4. The van der Waals surface area contributed by atoms with E-state index in [0.29, 0.717) is 18.3 Å². The van der Waals surface area contributed by atoms with Gasteiger partial charge in [0.2, 0.25) is 5.95 Å². The molecule has 0 saturated heterocycles. The van der Waals surface area contributed by atoms with E-state index in [-0.39, 0.29) is 12.0 Å². The monoisotopic (exact) mass is 302 g/mol. The van der Waals surface area contributed by atoms with Gasteiger partial charge < -0.3 is 10.2 Å². The molecule has 0 aliphatic heterocycles. The first-order chi connectivity index (χ1) is 9.81. The summed E-state index contributed by atoms with van der Waals surface area (Å²) in [6.07, 6.45) is -2.19. The Hall–Kier alpha value is -1.53. The molecule has 1 aromatic heterocycles. The van der Waals surface area contributed by atoms with E-state index >= 15 is 0 Å². The highest BCUT2D eigenvalue weighted by molar-refractivity contribution is 5.46. The minimum Gasteiger partial charge on any atom is -0.354 e. The molecule has 118 valence electrons. The van der Waals surface area contributed by atoms with E-state index in [0.717, 1.165) is 25.5 Å². The van der Waals surface area contributed by atoms with E-state index in [1.165, 1.54) is 0 Å². The maximum Gasteiger partial charge on any atom is 0.433 e. The van der Waals surface area contributed by atoms with Crippen LogP contribution >= 0.6 is 0 Å². The molecule has 2 rings (SSSR count). The van der Waals surface area contributed by atoms with Gasteiger partial charge in [-0.3, -0.25) is 0 Å². The predicted octanol–water partition coefficient (Wildman–Crippen LogP) is 3.55. The van der Waals surface area contributed by atoms with Crippen molar-refractivity contribution in [1.82, 2.24) is 9.97 Å². The SMILES string of the molecule is CCNc1nc(N(CC2CC2)C(C)C)cc(C(F)(F)F)n1. The lowest BCUT2D eigenvalue weighted by Gasteiger charge is -2.28. The average Bonchev–Trinajstić information content (AvgIpc) is 3.18. The van der Waals surface area contributed by atoms with Crippen LogP contribution in [0.5, 0.6) is 0 Å². The summed E-state index contributed by atoms with van der Waals surface area (Å²) in [6, 6.07) is 1.14. The van der Waals surface area contributed by atoms with E-state index < -0.39 is 11.9 Å². The number of aromatic nitrogens is 2. The third kappa shape index (κ3) is 4.22. The molecule has 1 N–H and O–H groups in total. The quantitative estimate of drug-likeness (QED) is 0.872. The highest BCUT2D eigenvalue weighted by Gasteiger charge is 2.35. The van der Waals surface area contributed by atoms with Gasteiger partial charge in [-0.2, -0.15) is 18.2 Å². The topological polar surface area (TPSA) is 41.1 Å². The Morgan fingerprint density at radius 2 is 2.00 bits per heavy atom. The third-order valence-corrected chi connectivity index (χ3v) is 3.41. The third-order valence-electron chi connectivity index (χ3n) is 3.41. The Kier molecular flexibility index (Phi) is 4.58. The molecule has 1 aliphatic rings. The van der Waals surface area contributed by atoms with Crippen LogP contribution in [0.2, 0.25) is 0 Å². The summed E-state index contributed by atoms with van der Waals surface area (Å²) in [7, 11) is 0. The van der Waals surface area contributed by atoms with Crippen LogP contribution in [0.3, 0.4) is 0 Å². The zero-order chi connectivity index (χ0) is 15.6. The average molecular weight is 302 g/mol. The van der Waals surface area contributed by atoms with E-state index in [2.05, 4.69) is 15.3 Å². The van der Waals surface area contributed by atoms with Crippen LogP contribution in [0.15, 0.2) is 6.07 Å². The molecule has 0 amide bonds. The zero-order valence-corrected chi connectivity index (χ0v) is 12.5. The largest absolute Gasteiger partial charge is 0.433 e. The second kappa shape index (κ2) is 6.07. The molecular formula is C14H21F3N4. The van der Waals surface area contributed by atoms with Gasteiger partial charge in [-0.1, -0.05) is 0 Å². The van der Waals surface area contributed by atoms with Gasteiger partial charge in [-0.05, 0) is 39.5 Å². The van der Waals surface area contributed by atoms with Crippen LogP contribution < -0.4 is 10.2 Å². The number of alkyl halides is 3. The minimum absolute atomic E-state index is 0.0313. The molecule has 0 spiro atoms. The summed E-state index contributed by atoms with van der Waals surface area (Å²) >= 11 is 0. The van der Waals surface area contributed by atoms with Crippen molar-refractivity contribution >= 4 is 11.8 Å². The Morgan fingerprint density at radius 1 is 1.33 bits per heavy atom. The summed E-state index contributed by atoms with van der Waals surface area (Å²) in [5.74, 6) is 0.943. The Balaban J connectivity index is 2.36. The molecule has 7 heteroatoms. The molecule has 1 saturated carbocycles. The van der Waals surface area contributed by atoms with Gasteiger partial charge in [0.1, 0.15) is 5.82 Å². The Labute approximate surface area is 122 Å². The van der Waals surface area contributed by atoms with Crippen molar-refractivity contribution in [1.29, 1.82) is 0 Å². The lowest BCUT2D eigenvalue weighted by Crippen LogP contribution is -2.34. The number of anilines is 2. The molecule has 1 fully saturated rings. The number of rotatable bonds is 6. The Morgan fingerprint density at radius 3 is 2.48 bits per heavy atom. The molecule has 1 aliphatic carbocycles. The fourth-order valence-electron chi connectivity index (χ4n) is 2.11. The molecule has 0 aromatic carbocycles. The summed E-state index contributed by atoms with van der Waals surface area (Å²) in [6.45, 7) is 6.95. The normalized spacial score (nSPS) is 15.4. The van der Waals surface area contributed by atoms with Crippen molar-refractivity contribution < 1.29 is 13.2 Å². The van der Waals surface area contributed by atoms with Gasteiger partial charge in [-0.25, -0.2) is 4.98 Å². The first-order valence-corrected chi connectivity index (χ1v) is 7.28. The molecular weight excluding hydrogens is 281 g/mol. The molecule has 0 unspecified atom stereocenters. The van der Waals surface area contributed by atoms with E-state index in [9.17, 15) is 13.2 Å². The van der Waals surface area contributed by atoms with Gasteiger partial charge in [0.25, 0.3) is 0 Å². The minimum atomic E-state index is -4.47. The van der Waals surface area contributed by atoms with E-state index in [4.69, 9.17) is 0 Å². The molecule has 0 atom stereocenters. The molecule has 1 aromatic rings. The highest BCUT2D eigenvalue weighted by atomic mass is 19.4. The lowest BCUT2D eigenvalue weighted by molar-refractivity contribution is -0.141. The standard InChI is InChI=1S/C14H21F3N4/c1-4-18-13-19-11(14(15,16)17)7-12(20-13)21(9(2)3)8-10-5-6-10/h7,9-10H,4-6,8H2,1-3H3,(H,18,19,20). The van der Waals surface area contributed by atoms with Crippen molar-refractivity contribution in [3.8, 4) is 0 Å². The second-order valence-electron chi connectivity index (χ2n) is 5.65. The fourth-order valence-corrected chi connectivity index (χ4v) is 2.11. The van der Waals surface area contributed by atoms with E-state index in [1.54, 1.807) is 6.92 Å². The van der Waals surface area contributed by atoms with E-state index in [1.807, 2.05) is 18.7 Å². The molecule has 0 radical (unpaired) electrons. The second-order valence-corrected chi connectivity index (χ2v) is 5.65. The zero-order valence-electron chi connectivity index (χ0n) is 12.5. The predicted molar refractivity (Wildman–Crippen MR) is 76.4 cm³/mol. The molecule has 4 nitrogen and oxygen atoms in total. The molecule has 0 bridgehead atoms. The Bertz CT molecular complexity index is 484. The van der Waals surface area contributed by atoms with Gasteiger partial charge in [0.15, 0.2) is 5.69 Å².